The summed E-state index contributed by atoms with van der Waals surface area (Å²) in [5.74, 6) is -3.56. The van der Waals surface area contributed by atoms with E-state index in [1.807, 2.05) is 65.5 Å². The topological polar surface area (TPSA) is 218 Å². The summed E-state index contributed by atoms with van der Waals surface area (Å²) in [6.07, 6.45) is 1.95. The Kier molecular flexibility index (Phi) is 18.9. The van der Waals surface area contributed by atoms with Gasteiger partial charge < -0.3 is 30.3 Å². The van der Waals surface area contributed by atoms with E-state index in [0.717, 1.165) is 4.90 Å². The van der Waals surface area contributed by atoms with Crippen LogP contribution in [0.1, 0.15) is 109 Å². The minimum absolute atomic E-state index is 0. The fourth-order valence-corrected chi connectivity index (χ4v) is 5.86. The SMILES string of the molecule is CC(C)(O)CON1C(C)(C)CC(=O)CC1(C)C.CC(C)(O)CON1C(C)(C)CC(=O)CC1(C)C.O=C([O-])CN(CC(=O)O)CC(=O)O.[Na+]. The van der Waals surface area contributed by atoms with Gasteiger partial charge in [0, 0.05) is 54.4 Å². The first kappa shape index (κ1) is 48.6. The Morgan fingerprint density at radius 1 is 0.667 bits per heavy atom. The molecule has 274 valence electrons. The van der Waals surface area contributed by atoms with E-state index in [2.05, 4.69) is 0 Å². The van der Waals surface area contributed by atoms with Gasteiger partial charge in [-0.05, 0) is 83.1 Å². The first-order valence-corrected chi connectivity index (χ1v) is 15.5. The number of carbonyl (C=O) groups excluding carboxylic acids is 3. The largest absolute Gasteiger partial charge is 1.00 e. The van der Waals surface area contributed by atoms with E-state index >= 15 is 0 Å². The molecule has 16 heteroatoms. The van der Waals surface area contributed by atoms with Gasteiger partial charge >= 0.3 is 41.5 Å². The van der Waals surface area contributed by atoms with Crippen molar-refractivity contribution < 1.29 is 88.7 Å². The second-order valence-electron chi connectivity index (χ2n) is 16.1. The molecule has 48 heavy (non-hydrogen) atoms. The number of hydrogen-bond acceptors (Lipinski definition) is 13. The fraction of sp³-hybridized carbons (Fsp3) is 0.844. The standard InChI is InChI=1S/2C13H25NO3.C6H9NO6.Na/c2*1-11(2)7-10(15)8-12(3,4)14(11)17-9-13(5,6)16;8-4(9)1-7(2-5(10)11)3-6(12)13;/h2*16H,7-9H2,1-6H3;1-3H2,(H,8,9)(H,10,11)(H,12,13);/q;;;+1/p-1. The molecule has 0 bridgehead atoms. The van der Waals surface area contributed by atoms with Crippen molar-refractivity contribution in [3.05, 3.63) is 0 Å². The molecule has 0 aromatic heterocycles. The number of nitrogens with zero attached hydrogens (tertiary/aromatic N) is 3. The van der Waals surface area contributed by atoms with Crippen LogP contribution in [0, 0.1) is 0 Å². The molecule has 0 aromatic carbocycles. The zero-order valence-electron chi connectivity index (χ0n) is 31.3. The van der Waals surface area contributed by atoms with Crippen molar-refractivity contribution in [2.75, 3.05) is 32.8 Å². The van der Waals surface area contributed by atoms with Crippen molar-refractivity contribution in [2.45, 2.75) is 142 Å². The van der Waals surface area contributed by atoms with E-state index < -0.39 is 48.7 Å². The first-order chi connectivity index (χ1) is 20.8. The van der Waals surface area contributed by atoms with Gasteiger partial charge in [0.05, 0.1) is 43.5 Å². The van der Waals surface area contributed by atoms with Crippen LogP contribution in [-0.4, -0.2) is 131 Å². The molecule has 0 aromatic rings. The Hall–Kier alpha value is -1.53. The van der Waals surface area contributed by atoms with E-state index in [4.69, 9.17) is 19.9 Å². The third-order valence-electron chi connectivity index (χ3n) is 6.88. The molecule has 2 aliphatic heterocycles. The number of hydroxylamine groups is 4. The van der Waals surface area contributed by atoms with E-state index in [9.17, 15) is 39.3 Å². The van der Waals surface area contributed by atoms with Crippen molar-refractivity contribution in [1.82, 2.24) is 15.0 Å². The van der Waals surface area contributed by atoms with E-state index in [0.29, 0.717) is 25.7 Å². The molecular weight excluding hydrogens is 641 g/mol. The minimum Gasteiger partial charge on any atom is -0.549 e. The molecule has 15 nitrogen and oxygen atoms in total. The van der Waals surface area contributed by atoms with Gasteiger partial charge in [0.25, 0.3) is 0 Å². The van der Waals surface area contributed by atoms with Crippen molar-refractivity contribution in [1.29, 1.82) is 0 Å². The number of carboxylic acid groups (broad SMARTS) is 3. The number of ketones is 2. The fourth-order valence-electron chi connectivity index (χ4n) is 5.86. The zero-order valence-corrected chi connectivity index (χ0v) is 33.3. The summed E-state index contributed by atoms with van der Waals surface area (Å²) in [6.45, 7) is 21.3. The molecule has 4 N–H and O–H groups in total. The Morgan fingerprint density at radius 2 is 0.917 bits per heavy atom. The second-order valence-corrected chi connectivity index (χ2v) is 16.1. The Labute approximate surface area is 307 Å². The van der Waals surface area contributed by atoms with Crippen LogP contribution in [0.2, 0.25) is 0 Å². The van der Waals surface area contributed by atoms with Crippen molar-refractivity contribution in [2.24, 2.45) is 0 Å². The molecule has 2 saturated heterocycles. The molecule has 2 fully saturated rings. The molecule has 0 radical (unpaired) electrons. The van der Waals surface area contributed by atoms with Crippen LogP contribution in [0.4, 0.5) is 0 Å². The van der Waals surface area contributed by atoms with Crippen LogP contribution >= 0.6 is 0 Å². The maximum Gasteiger partial charge on any atom is 1.00 e. The number of carboxylic acids is 3. The molecule has 0 amide bonds. The third-order valence-corrected chi connectivity index (χ3v) is 6.88. The van der Waals surface area contributed by atoms with Crippen LogP contribution in [0.25, 0.3) is 0 Å². The van der Waals surface area contributed by atoms with Crippen LogP contribution in [0.5, 0.6) is 0 Å². The van der Waals surface area contributed by atoms with E-state index in [-0.39, 0.29) is 76.5 Å². The van der Waals surface area contributed by atoms with E-state index in [1.54, 1.807) is 27.7 Å². The van der Waals surface area contributed by atoms with Gasteiger partial charge in [0.1, 0.15) is 11.6 Å². The summed E-state index contributed by atoms with van der Waals surface area (Å²) in [4.78, 5) is 66.0. The van der Waals surface area contributed by atoms with Crippen LogP contribution in [0.15, 0.2) is 0 Å². The summed E-state index contributed by atoms with van der Waals surface area (Å²) in [5, 5.41) is 49.8. The van der Waals surface area contributed by atoms with Crippen molar-refractivity contribution in [3.8, 4) is 0 Å². The predicted octanol–water partition coefficient (Wildman–Crippen LogP) is -1.97. The normalized spacial score (nSPS) is 20.4. The second kappa shape index (κ2) is 18.6. The molecule has 2 aliphatic rings. The van der Waals surface area contributed by atoms with Gasteiger partial charge in [-0.25, -0.2) is 0 Å². The van der Waals surface area contributed by atoms with E-state index in [1.165, 1.54) is 0 Å². The summed E-state index contributed by atoms with van der Waals surface area (Å²) in [7, 11) is 0. The summed E-state index contributed by atoms with van der Waals surface area (Å²) in [6, 6.07) is 0. The predicted molar refractivity (Wildman–Crippen MR) is 170 cm³/mol. The van der Waals surface area contributed by atoms with Crippen LogP contribution < -0.4 is 34.7 Å². The van der Waals surface area contributed by atoms with Gasteiger partial charge in [-0.15, -0.1) is 0 Å². The Balaban J connectivity index is 0. The number of aliphatic hydroxyl groups is 2. The van der Waals surface area contributed by atoms with Gasteiger partial charge in [-0.2, -0.15) is 10.1 Å². The molecule has 2 heterocycles. The molecule has 0 unspecified atom stereocenters. The summed E-state index contributed by atoms with van der Waals surface area (Å²) < 4.78 is 0. The summed E-state index contributed by atoms with van der Waals surface area (Å²) in [5.41, 5.74) is -3.05. The number of hydrogen-bond donors (Lipinski definition) is 4. The van der Waals surface area contributed by atoms with Gasteiger partial charge in [-0.3, -0.25) is 33.8 Å². The average molecular weight is 700 g/mol. The average Bonchev–Trinajstić information content (AvgIpc) is 2.72. The number of carbonyl (C=O) groups is 5. The Morgan fingerprint density at radius 3 is 1.10 bits per heavy atom. The number of aliphatic carboxylic acids is 3. The van der Waals surface area contributed by atoms with Crippen LogP contribution in [-0.2, 0) is 33.6 Å². The van der Waals surface area contributed by atoms with Gasteiger partial charge in [0.2, 0.25) is 0 Å². The maximum absolute atomic E-state index is 11.7. The van der Waals surface area contributed by atoms with Crippen molar-refractivity contribution in [3.63, 3.8) is 0 Å². The first-order valence-electron chi connectivity index (χ1n) is 15.5. The molecular formula is C32H58N3NaO12. The minimum atomic E-state index is -1.51. The van der Waals surface area contributed by atoms with Crippen LogP contribution in [0.3, 0.4) is 0 Å². The third kappa shape index (κ3) is 19.0. The monoisotopic (exact) mass is 699 g/mol. The smallest absolute Gasteiger partial charge is 0.549 e. The molecule has 0 saturated carbocycles. The molecule has 2 rings (SSSR count). The van der Waals surface area contributed by atoms with Gasteiger partial charge in [0.15, 0.2) is 0 Å². The quantitative estimate of drug-likeness (QED) is 0.163. The summed E-state index contributed by atoms with van der Waals surface area (Å²) >= 11 is 0. The van der Waals surface area contributed by atoms with Crippen molar-refractivity contribution >= 4 is 29.5 Å². The number of rotatable bonds is 12. The molecule has 0 spiro atoms. The van der Waals surface area contributed by atoms with Gasteiger partial charge in [-0.1, -0.05) is 0 Å². The number of piperidine rings is 2. The molecule has 0 aliphatic carbocycles. The maximum atomic E-state index is 11.7. The Bertz CT molecular complexity index is 971. The molecule has 0 atom stereocenters. The number of Topliss-reactive ketones (excluding diaryl/α,β-unsaturated/α-hetero) is 2. The zero-order chi connectivity index (χ0) is 37.4.